The number of nitrogen functional groups attached to an aromatic ring is 1. The van der Waals surface area contributed by atoms with Crippen LogP contribution in [-0.4, -0.2) is 28.2 Å². The quantitative estimate of drug-likeness (QED) is 0.539. The molecule has 0 heterocycles. The van der Waals surface area contributed by atoms with Gasteiger partial charge in [0.15, 0.2) is 0 Å². The summed E-state index contributed by atoms with van der Waals surface area (Å²) >= 11 is 0. The lowest BCUT2D eigenvalue weighted by molar-refractivity contribution is 0.130. The molecule has 0 aliphatic heterocycles. The van der Waals surface area contributed by atoms with Gasteiger partial charge in [0.25, 0.3) is 0 Å². The topological polar surface area (TPSA) is 81.4 Å². The molecule has 1 aromatic carbocycles. The molecule has 0 aliphatic rings. The molecule has 0 saturated heterocycles. The predicted octanol–water partition coefficient (Wildman–Crippen LogP) is 1.89. The van der Waals surface area contributed by atoms with E-state index in [1.807, 2.05) is 0 Å². The SMILES string of the molecule is CCCCOCCCNS(=O)(=O)c1cc(F)ccc1N. The van der Waals surface area contributed by atoms with Crippen molar-refractivity contribution in [2.75, 3.05) is 25.5 Å². The standard InChI is InChI=1S/C13H21FN2O3S/c1-2-3-8-19-9-4-7-16-20(17,18)13-10-11(14)5-6-12(13)15/h5-6,10,16H,2-4,7-9,15H2,1H3. The van der Waals surface area contributed by atoms with Crippen LogP contribution in [0.2, 0.25) is 0 Å². The Labute approximate surface area is 119 Å². The van der Waals surface area contributed by atoms with E-state index in [0.717, 1.165) is 25.0 Å². The van der Waals surface area contributed by atoms with Crippen molar-refractivity contribution in [3.63, 3.8) is 0 Å². The lowest BCUT2D eigenvalue weighted by Crippen LogP contribution is -2.26. The Morgan fingerprint density at radius 2 is 2.00 bits per heavy atom. The number of hydrogen-bond donors (Lipinski definition) is 2. The van der Waals surface area contributed by atoms with Gasteiger partial charge in [0.2, 0.25) is 10.0 Å². The van der Waals surface area contributed by atoms with Gasteiger partial charge in [0, 0.05) is 19.8 Å². The van der Waals surface area contributed by atoms with E-state index in [9.17, 15) is 12.8 Å². The minimum atomic E-state index is -3.78. The Bertz CT molecular complexity index is 520. The second-order valence-corrected chi connectivity index (χ2v) is 6.13. The number of anilines is 1. The first kappa shape index (κ1) is 16.9. The van der Waals surface area contributed by atoms with E-state index in [-0.39, 0.29) is 17.1 Å². The van der Waals surface area contributed by atoms with E-state index in [2.05, 4.69) is 11.6 Å². The molecule has 0 fully saturated rings. The van der Waals surface area contributed by atoms with Crippen LogP contribution in [0, 0.1) is 5.82 Å². The summed E-state index contributed by atoms with van der Waals surface area (Å²) in [7, 11) is -3.78. The number of unbranched alkanes of at least 4 members (excludes halogenated alkanes) is 1. The number of halogens is 1. The molecule has 0 radical (unpaired) electrons. The van der Waals surface area contributed by atoms with Gasteiger partial charge in [-0.05, 0) is 31.0 Å². The van der Waals surface area contributed by atoms with Gasteiger partial charge in [0.1, 0.15) is 10.7 Å². The predicted molar refractivity (Wildman–Crippen MR) is 76.3 cm³/mol. The van der Waals surface area contributed by atoms with Gasteiger partial charge in [-0.3, -0.25) is 0 Å². The summed E-state index contributed by atoms with van der Waals surface area (Å²) in [6.45, 7) is 3.46. The molecule has 1 aromatic rings. The highest BCUT2D eigenvalue weighted by atomic mass is 32.2. The highest BCUT2D eigenvalue weighted by Gasteiger charge is 2.17. The monoisotopic (exact) mass is 304 g/mol. The van der Waals surface area contributed by atoms with Crippen LogP contribution < -0.4 is 10.5 Å². The van der Waals surface area contributed by atoms with E-state index >= 15 is 0 Å². The molecular weight excluding hydrogens is 283 g/mol. The lowest BCUT2D eigenvalue weighted by atomic mass is 10.3. The maximum absolute atomic E-state index is 13.1. The Morgan fingerprint density at radius 1 is 1.30 bits per heavy atom. The Morgan fingerprint density at radius 3 is 2.70 bits per heavy atom. The molecule has 3 N–H and O–H groups in total. The minimum absolute atomic E-state index is 0.0260. The van der Waals surface area contributed by atoms with Crippen molar-refractivity contribution in [1.29, 1.82) is 0 Å². The van der Waals surface area contributed by atoms with Crippen LogP contribution in [0.4, 0.5) is 10.1 Å². The van der Waals surface area contributed by atoms with Gasteiger partial charge >= 0.3 is 0 Å². The molecule has 0 amide bonds. The van der Waals surface area contributed by atoms with Crippen LogP contribution in [0.3, 0.4) is 0 Å². The molecule has 0 bridgehead atoms. The molecule has 5 nitrogen and oxygen atoms in total. The fourth-order valence-corrected chi connectivity index (χ4v) is 2.76. The summed E-state index contributed by atoms with van der Waals surface area (Å²) in [6, 6.07) is 3.27. The number of nitrogens with one attached hydrogen (secondary N) is 1. The van der Waals surface area contributed by atoms with Gasteiger partial charge in [-0.25, -0.2) is 17.5 Å². The molecule has 114 valence electrons. The molecule has 7 heteroatoms. The molecule has 1 rings (SSSR count). The maximum Gasteiger partial charge on any atom is 0.242 e. The van der Waals surface area contributed by atoms with Crippen molar-refractivity contribution in [2.45, 2.75) is 31.1 Å². The maximum atomic E-state index is 13.1. The van der Waals surface area contributed by atoms with E-state index < -0.39 is 15.8 Å². The highest BCUT2D eigenvalue weighted by Crippen LogP contribution is 2.18. The van der Waals surface area contributed by atoms with E-state index in [1.165, 1.54) is 6.07 Å². The molecule has 0 aromatic heterocycles. The Kier molecular flexibility index (Phi) is 6.90. The third-order valence-electron chi connectivity index (χ3n) is 2.66. The second kappa shape index (κ2) is 8.18. The zero-order valence-electron chi connectivity index (χ0n) is 11.6. The highest BCUT2D eigenvalue weighted by molar-refractivity contribution is 7.89. The third kappa shape index (κ3) is 5.44. The van der Waals surface area contributed by atoms with Crippen molar-refractivity contribution < 1.29 is 17.5 Å². The van der Waals surface area contributed by atoms with Gasteiger partial charge < -0.3 is 10.5 Å². The summed E-state index contributed by atoms with van der Waals surface area (Å²) < 4.78 is 44.7. The van der Waals surface area contributed by atoms with Crippen molar-refractivity contribution in [2.24, 2.45) is 0 Å². The van der Waals surface area contributed by atoms with Crippen molar-refractivity contribution in [3.05, 3.63) is 24.0 Å². The number of hydrogen-bond acceptors (Lipinski definition) is 4. The smallest absolute Gasteiger partial charge is 0.242 e. The largest absolute Gasteiger partial charge is 0.398 e. The fraction of sp³-hybridized carbons (Fsp3) is 0.538. The van der Waals surface area contributed by atoms with Gasteiger partial charge in [0.05, 0.1) is 5.69 Å². The van der Waals surface area contributed by atoms with Crippen molar-refractivity contribution in [1.82, 2.24) is 4.72 Å². The summed E-state index contributed by atoms with van der Waals surface area (Å²) in [5.41, 5.74) is 5.58. The average Bonchev–Trinajstić information content (AvgIpc) is 2.40. The average molecular weight is 304 g/mol. The number of rotatable bonds is 9. The molecule has 0 saturated carbocycles. The molecule has 20 heavy (non-hydrogen) atoms. The van der Waals surface area contributed by atoms with Crippen molar-refractivity contribution >= 4 is 15.7 Å². The summed E-state index contributed by atoms with van der Waals surface area (Å²) in [5.74, 6) is -0.637. The van der Waals surface area contributed by atoms with Crippen LogP contribution in [0.15, 0.2) is 23.1 Å². The Balaban J connectivity index is 2.44. The van der Waals surface area contributed by atoms with E-state index in [4.69, 9.17) is 10.5 Å². The van der Waals surface area contributed by atoms with E-state index in [1.54, 1.807) is 0 Å². The molecule has 0 aliphatic carbocycles. The number of ether oxygens (including phenoxy) is 1. The van der Waals surface area contributed by atoms with Crippen LogP contribution in [0.5, 0.6) is 0 Å². The van der Waals surface area contributed by atoms with Crippen LogP contribution in [-0.2, 0) is 14.8 Å². The Hall–Kier alpha value is -1.18. The number of sulfonamides is 1. The third-order valence-corrected chi connectivity index (χ3v) is 4.18. The van der Waals surface area contributed by atoms with Crippen LogP contribution in [0.1, 0.15) is 26.2 Å². The summed E-state index contributed by atoms with van der Waals surface area (Å²) in [4.78, 5) is -0.232. The van der Waals surface area contributed by atoms with E-state index in [0.29, 0.717) is 19.6 Å². The van der Waals surface area contributed by atoms with Gasteiger partial charge in [-0.2, -0.15) is 0 Å². The first-order chi connectivity index (χ1) is 9.47. The second-order valence-electron chi connectivity index (χ2n) is 4.40. The molecule has 0 unspecified atom stereocenters. The minimum Gasteiger partial charge on any atom is -0.398 e. The summed E-state index contributed by atoms with van der Waals surface area (Å²) in [5, 5.41) is 0. The molecule has 0 atom stereocenters. The lowest BCUT2D eigenvalue weighted by Gasteiger charge is -2.09. The fourth-order valence-electron chi connectivity index (χ4n) is 1.55. The molecular formula is C13H21FN2O3S. The van der Waals surface area contributed by atoms with Crippen LogP contribution >= 0.6 is 0 Å². The zero-order valence-corrected chi connectivity index (χ0v) is 12.4. The summed E-state index contributed by atoms with van der Waals surface area (Å²) in [6.07, 6.45) is 2.61. The first-order valence-electron chi connectivity index (χ1n) is 6.60. The zero-order chi connectivity index (χ0) is 15.0. The number of benzene rings is 1. The van der Waals surface area contributed by atoms with Crippen LogP contribution in [0.25, 0.3) is 0 Å². The van der Waals surface area contributed by atoms with Crippen molar-refractivity contribution in [3.8, 4) is 0 Å². The molecule has 0 spiro atoms. The normalized spacial score (nSPS) is 11.7. The number of nitrogens with two attached hydrogens (primary N) is 1. The first-order valence-corrected chi connectivity index (χ1v) is 8.08. The van der Waals surface area contributed by atoms with Gasteiger partial charge in [-0.1, -0.05) is 13.3 Å². The van der Waals surface area contributed by atoms with Gasteiger partial charge in [-0.15, -0.1) is 0 Å².